The normalized spacial score (nSPS) is 11.3. The zero-order chi connectivity index (χ0) is 18.7. The highest BCUT2D eigenvalue weighted by atomic mass is 32.2. The van der Waals surface area contributed by atoms with Crippen LogP contribution < -0.4 is 14.5 Å². The van der Waals surface area contributed by atoms with Crippen LogP contribution in [0.25, 0.3) is 11.4 Å². The van der Waals surface area contributed by atoms with Crippen LogP contribution >= 0.6 is 0 Å². The Morgan fingerprint density at radius 2 is 1.81 bits per heavy atom. The molecular formula is C15H12N4O6S. The van der Waals surface area contributed by atoms with Gasteiger partial charge in [-0.1, -0.05) is 22.9 Å². The number of carbonyl (C=O) groups is 1. The van der Waals surface area contributed by atoms with Crippen LogP contribution in [0.15, 0.2) is 59.5 Å². The van der Waals surface area contributed by atoms with Crippen molar-refractivity contribution in [1.29, 1.82) is 0 Å². The fourth-order valence-corrected chi connectivity index (χ4v) is 2.65. The van der Waals surface area contributed by atoms with Gasteiger partial charge in [-0.3, -0.25) is 4.55 Å². The van der Waals surface area contributed by atoms with E-state index in [1.54, 1.807) is 30.3 Å². The molecule has 10 nitrogen and oxygen atoms in total. The fourth-order valence-electron chi connectivity index (χ4n) is 2.17. The van der Waals surface area contributed by atoms with Gasteiger partial charge >= 0.3 is 6.01 Å². The Morgan fingerprint density at radius 3 is 2.38 bits per heavy atom. The second kappa shape index (κ2) is 6.90. The van der Waals surface area contributed by atoms with Gasteiger partial charge in [-0.15, -0.1) is 0 Å². The van der Waals surface area contributed by atoms with E-state index in [-0.39, 0.29) is 10.9 Å². The van der Waals surface area contributed by atoms with Crippen LogP contribution in [0, 0.1) is 0 Å². The van der Waals surface area contributed by atoms with Crippen molar-refractivity contribution in [1.82, 2.24) is 15.1 Å². The third-order valence-corrected chi connectivity index (χ3v) is 4.14. The molecule has 0 spiro atoms. The number of aromatic nitrogens is 4. The molecule has 134 valence electrons. The van der Waals surface area contributed by atoms with Crippen LogP contribution in [0.4, 0.5) is 0 Å². The average molecular weight is 376 g/mol. The fraction of sp³-hybridized carbons (Fsp3) is 0.0667. The van der Waals surface area contributed by atoms with Gasteiger partial charge in [-0.05, 0) is 41.2 Å². The van der Waals surface area contributed by atoms with E-state index in [2.05, 4.69) is 10.3 Å². The molecule has 0 saturated carbocycles. The van der Waals surface area contributed by atoms with Crippen molar-refractivity contribution in [2.24, 2.45) is 0 Å². The van der Waals surface area contributed by atoms with Crippen LogP contribution in [-0.2, 0) is 14.9 Å². The number of aliphatic carboxylic acids is 1. The van der Waals surface area contributed by atoms with Gasteiger partial charge in [-0.2, -0.15) is 8.42 Å². The predicted molar refractivity (Wildman–Crippen MR) is 83.2 cm³/mol. The lowest BCUT2D eigenvalue weighted by molar-refractivity contribution is -0.685. The minimum Gasteiger partial charge on any atom is -0.546 e. The highest BCUT2D eigenvalue weighted by Gasteiger charge is 2.25. The zero-order valence-electron chi connectivity index (χ0n) is 13.1. The van der Waals surface area contributed by atoms with E-state index in [0.29, 0.717) is 11.4 Å². The quantitative estimate of drug-likeness (QED) is 0.423. The van der Waals surface area contributed by atoms with Crippen LogP contribution in [0.2, 0.25) is 0 Å². The van der Waals surface area contributed by atoms with Gasteiger partial charge in [0.25, 0.3) is 10.1 Å². The van der Waals surface area contributed by atoms with Crippen molar-refractivity contribution >= 4 is 16.1 Å². The molecule has 0 aliphatic carbocycles. The largest absolute Gasteiger partial charge is 0.546 e. The summed E-state index contributed by atoms with van der Waals surface area (Å²) in [5.74, 6) is -1.42. The molecule has 1 heterocycles. The molecule has 3 rings (SSSR count). The minimum absolute atomic E-state index is 0.0979. The summed E-state index contributed by atoms with van der Waals surface area (Å²) in [4.78, 5) is 11.7. The molecule has 26 heavy (non-hydrogen) atoms. The Hall–Kier alpha value is -3.31. The van der Waals surface area contributed by atoms with E-state index in [4.69, 9.17) is 9.29 Å². The maximum absolute atomic E-state index is 11.2. The van der Waals surface area contributed by atoms with E-state index in [1.807, 2.05) is 0 Å². The topological polar surface area (TPSA) is 138 Å². The molecule has 0 atom stereocenters. The number of hydrogen-bond acceptors (Lipinski definition) is 7. The minimum atomic E-state index is -4.33. The molecule has 0 fully saturated rings. The lowest BCUT2D eigenvalue weighted by atomic mass is 10.3. The number of tetrazole rings is 1. The number of ether oxygens (including phenoxy) is 1. The van der Waals surface area contributed by atoms with Crippen molar-refractivity contribution in [3.63, 3.8) is 0 Å². The summed E-state index contributed by atoms with van der Waals surface area (Å²) in [6.45, 7) is -0.715. The van der Waals surface area contributed by atoms with Gasteiger partial charge in [0.05, 0.1) is 10.9 Å². The molecule has 1 N–H and O–H groups in total. The number of hydrogen-bond donors (Lipinski definition) is 1. The Balaban J connectivity index is 2.08. The van der Waals surface area contributed by atoms with Crippen molar-refractivity contribution in [3.8, 4) is 17.4 Å². The second-order valence-corrected chi connectivity index (χ2v) is 6.46. The van der Waals surface area contributed by atoms with E-state index in [0.717, 1.165) is 0 Å². The third kappa shape index (κ3) is 3.68. The Labute approximate surface area is 147 Å². The summed E-state index contributed by atoms with van der Waals surface area (Å²) >= 11 is 0. The summed E-state index contributed by atoms with van der Waals surface area (Å²) in [6, 6.07) is 13.8. The first-order chi connectivity index (χ1) is 12.4. The molecular weight excluding hydrogens is 364 g/mol. The number of nitrogens with zero attached hydrogens (tertiary/aromatic N) is 4. The van der Waals surface area contributed by atoms with Crippen LogP contribution in [0.5, 0.6) is 6.01 Å². The number of carbonyl (C=O) groups excluding carboxylic acids is 1. The molecule has 0 amide bonds. The van der Waals surface area contributed by atoms with Gasteiger partial charge in [0.15, 0.2) is 10.3 Å². The third-order valence-electron chi connectivity index (χ3n) is 3.27. The summed E-state index contributed by atoms with van der Waals surface area (Å²) < 4.78 is 37.9. The van der Waals surface area contributed by atoms with Crippen molar-refractivity contribution in [2.75, 3.05) is 6.61 Å². The molecule has 0 saturated heterocycles. The van der Waals surface area contributed by atoms with Crippen molar-refractivity contribution in [3.05, 3.63) is 54.6 Å². The van der Waals surface area contributed by atoms with Gasteiger partial charge in [0.1, 0.15) is 18.0 Å². The number of para-hydroxylation sites is 1. The highest BCUT2D eigenvalue weighted by molar-refractivity contribution is 7.85. The first-order valence-electron chi connectivity index (χ1n) is 7.20. The SMILES string of the molecule is O=C([O-])COc1nnn(-c2ccc(S(=O)(=O)O)cc2)[n+]1-c1ccccc1. The van der Waals surface area contributed by atoms with Gasteiger partial charge < -0.3 is 14.6 Å². The lowest BCUT2D eigenvalue weighted by Crippen LogP contribution is -2.42. The van der Waals surface area contributed by atoms with Crippen LogP contribution in [0.3, 0.4) is 0 Å². The average Bonchev–Trinajstić information content (AvgIpc) is 3.04. The molecule has 0 aliphatic heterocycles. The molecule has 1 aromatic heterocycles. The number of rotatable bonds is 6. The predicted octanol–water partition coefficient (Wildman–Crippen LogP) is -1.08. The summed E-state index contributed by atoms with van der Waals surface area (Å²) in [5, 5.41) is 18.4. The van der Waals surface area contributed by atoms with E-state index in [1.165, 1.54) is 33.7 Å². The van der Waals surface area contributed by atoms with Crippen molar-refractivity contribution < 1.29 is 32.3 Å². The summed E-state index contributed by atoms with van der Waals surface area (Å²) in [6.07, 6.45) is 0. The summed E-state index contributed by atoms with van der Waals surface area (Å²) in [7, 11) is -4.33. The first-order valence-corrected chi connectivity index (χ1v) is 8.64. The van der Waals surface area contributed by atoms with E-state index < -0.39 is 22.7 Å². The first kappa shape index (κ1) is 17.5. The molecule has 2 aromatic carbocycles. The smallest absolute Gasteiger partial charge is 0.498 e. The number of carboxylic acids is 1. The number of carboxylic acid groups (broad SMARTS) is 1. The Bertz CT molecular complexity index is 1030. The van der Waals surface area contributed by atoms with Crippen LogP contribution in [-0.4, -0.2) is 40.7 Å². The molecule has 3 aromatic rings. The molecule has 0 aliphatic rings. The highest BCUT2D eigenvalue weighted by Crippen LogP contribution is 2.14. The van der Waals surface area contributed by atoms with Gasteiger partial charge in [0, 0.05) is 0 Å². The lowest BCUT2D eigenvalue weighted by Gasteiger charge is -2.06. The van der Waals surface area contributed by atoms with E-state index >= 15 is 0 Å². The van der Waals surface area contributed by atoms with Crippen molar-refractivity contribution in [2.45, 2.75) is 4.90 Å². The molecule has 0 unspecified atom stereocenters. The second-order valence-electron chi connectivity index (χ2n) is 5.04. The standard InChI is InChI=1S/C15H12N4O6S/c20-14(21)10-25-15-16-17-19(18(15)11-4-2-1-3-5-11)12-6-8-13(9-7-12)26(22,23)24/h1-9H,10H2,(H-,20,21,22,23,24). The Morgan fingerprint density at radius 1 is 1.15 bits per heavy atom. The number of benzene rings is 2. The molecule has 11 heteroatoms. The van der Waals surface area contributed by atoms with Gasteiger partial charge in [0.2, 0.25) is 0 Å². The maximum Gasteiger partial charge on any atom is 0.498 e. The van der Waals surface area contributed by atoms with E-state index in [9.17, 15) is 18.3 Å². The summed E-state index contributed by atoms with van der Waals surface area (Å²) in [5.41, 5.74) is 0.974. The Kier molecular flexibility index (Phi) is 4.65. The zero-order valence-corrected chi connectivity index (χ0v) is 13.9. The van der Waals surface area contributed by atoms with Gasteiger partial charge in [-0.25, -0.2) is 0 Å². The van der Waals surface area contributed by atoms with Crippen LogP contribution in [0.1, 0.15) is 0 Å². The monoisotopic (exact) mass is 376 g/mol. The molecule has 0 radical (unpaired) electrons. The maximum atomic E-state index is 11.2. The molecule has 0 bridgehead atoms.